The molecule has 0 aliphatic rings. The van der Waals surface area contributed by atoms with Crippen molar-refractivity contribution in [1.29, 1.82) is 0 Å². The molecule has 1 atom stereocenters. The molecule has 0 saturated heterocycles. The van der Waals surface area contributed by atoms with E-state index in [1.165, 1.54) is 0 Å². The molecule has 0 aromatic heterocycles. The van der Waals surface area contributed by atoms with Crippen LogP contribution in [0.3, 0.4) is 0 Å². The molecule has 0 fully saturated rings. The van der Waals surface area contributed by atoms with Crippen LogP contribution in [0.4, 0.5) is 0 Å². The third-order valence-electron chi connectivity index (χ3n) is 2.81. The Morgan fingerprint density at radius 1 is 1.35 bits per heavy atom. The molecule has 0 spiro atoms. The Morgan fingerprint density at radius 2 is 2.05 bits per heavy atom. The lowest BCUT2D eigenvalue weighted by molar-refractivity contribution is 0.155. The quantitative estimate of drug-likeness (QED) is 0.509. The van der Waals surface area contributed by atoms with Crippen LogP contribution < -0.4 is 15.8 Å². The third kappa shape index (κ3) is 6.19. The van der Waals surface area contributed by atoms with Gasteiger partial charge in [-0.3, -0.25) is 0 Å². The maximum Gasteiger partial charge on any atom is 0.119 e. The van der Waals surface area contributed by atoms with Crippen molar-refractivity contribution in [3.63, 3.8) is 0 Å². The van der Waals surface area contributed by atoms with Crippen LogP contribution in [0, 0.1) is 0 Å². The van der Waals surface area contributed by atoms with E-state index >= 15 is 0 Å². The van der Waals surface area contributed by atoms with Gasteiger partial charge in [0.1, 0.15) is 5.75 Å². The van der Waals surface area contributed by atoms with Gasteiger partial charge in [0, 0.05) is 19.1 Å². The molecule has 112 valence electrons. The van der Waals surface area contributed by atoms with Crippen LogP contribution in [0.25, 0.3) is 0 Å². The predicted octanol–water partition coefficient (Wildman–Crippen LogP) is 2.27. The van der Waals surface area contributed by atoms with Crippen molar-refractivity contribution in [2.75, 3.05) is 32.9 Å². The second-order valence-electron chi connectivity index (χ2n) is 4.75. The molecule has 0 saturated carbocycles. The van der Waals surface area contributed by atoms with E-state index in [-0.39, 0.29) is 6.04 Å². The molecular formula is C16H26N2O2. The smallest absolute Gasteiger partial charge is 0.119 e. The first-order valence-electron chi connectivity index (χ1n) is 7.05. The summed E-state index contributed by atoms with van der Waals surface area (Å²) in [7, 11) is 0. The second-order valence-corrected chi connectivity index (χ2v) is 4.75. The average molecular weight is 278 g/mol. The highest BCUT2D eigenvalue weighted by molar-refractivity contribution is 5.29. The minimum Gasteiger partial charge on any atom is -0.494 e. The lowest BCUT2D eigenvalue weighted by Gasteiger charge is -2.18. The van der Waals surface area contributed by atoms with Crippen LogP contribution >= 0.6 is 0 Å². The van der Waals surface area contributed by atoms with E-state index in [0.717, 1.165) is 23.4 Å². The molecule has 0 heterocycles. The third-order valence-corrected chi connectivity index (χ3v) is 2.81. The molecule has 1 rings (SSSR count). The number of hydrogen-bond donors (Lipinski definition) is 2. The van der Waals surface area contributed by atoms with Crippen molar-refractivity contribution in [3.05, 3.63) is 42.0 Å². The molecule has 0 radical (unpaired) electrons. The highest BCUT2D eigenvalue weighted by atomic mass is 16.5. The number of hydrogen-bond acceptors (Lipinski definition) is 4. The SMILES string of the molecule is C=C(C)COCCNC(CN)c1ccc(OCC)cc1. The summed E-state index contributed by atoms with van der Waals surface area (Å²) < 4.78 is 10.9. The Bertz CT molecular complexity index is 390. The van der Waals surface area contributed by atoms with Crippen LogP contribution in [0.1, 0.15) is 25.5 Å². The number of rotatable bonds is 10. The molecule has 20 heavy (non-hydrogen) atoms. The molecule has 1 unspecified atom stereocenters. The molecular weight excluding hydrogens is 252 g/mol. The fraction of sp³-hybridized carbons (Fsp3) is 0.500. The van der Waals surface area contributed by atoms with Crippen LogP contribution in [0.15, 0.2) is 36.4 Å². The number of nitrogens with one attached hydrogen (secondary N) is 1. The van der Waals surface area contributed by atoms with Crippen LogP contribution in [0.5, 0.6) is 5.75 Å². The van der Waals surface area contributed by atoms with E-state index in [9.17, 15) is 0 Å². The van der Waals surface area contributed by atoms with Crippen molar-refractivity contribution in [3.8, 4) is 5.75 Å². The number of ether oxygens (including phenoxy) is 2. The minimum atomic E-state index is 0.138. The topological polar surface area (TPSA) is 56.5 Å². The number of nitrogens with two attached hydrogens (primary N) is 1. The van der Waals surface area contributed by atoms with E-state index in [4.69, 9.17) is 15.2 Å². The summed E-state index contributed by atoms with van der Waals surface area (Å²) in [6.07, 6.45) is 0. The Hall–Kier alpha value is -1.36. The standard InChI is InChI=1S/C16H26N2O2/c1-4-20-15-7-5-14(6-8-15)16(11-17)18-9-10-19-12-13(2)3/h5-8,16,18H,2,4,9-12,17H2,1,3H3. The lowest BCUT2D eigenvalue weighted by atomic mass is 10.1. The van der Waals surface area contributed by atoms with E-state index < -0.39 is 0 Å². The van der Waals surface area contributed by atoms with Gasteiger partial charge in [-0.05, 0) is 31.5 Å². The van der Waals surface area contributed by atoms with Gasteiger partial charge in [-0.25, -0.2) is 0 Å². The van der Waals surface area contributed by atoms with E-state index in [1.807, 2.05) is 38.1 Å². The zero-order valence-corrected chi connectivity index (χ0v) is 12.5. The zero-order valence-electron chi connectivity index (χ0n) is 12.5. The second kappa shape index (κ2) is 9.53. The van der Waals surface area contributed by atoms with Gasteiger partial charge in [0.05, 0.1) is 19.8 Å². The maximum atomic E-state index is 5.82. The lowest BCUT2D eigenvalue weighted by Crippen LogP contribution is -2.31. The monoisotopic (exact) mass is 278 g/mol. The van der Waals surface area contributed by atoms with Crippen molar-refractivity contribution in [2.24, 2.45) is 5.73 Å². The predicted molar refractivity (Wildman–Crippen MR) is 83.0 cm³/mol. The summed E-state index contributed by atoms with van der Waals surface area (Å²) in [6.45, 7) is 11.0. The highest BCUT2D eigenvalue weighted by Gasteiger charge is 2.08. The van der Waals surface area contributed by atoms with Gasteiger partial charge in [-0.1, -0.05) is 24.3 Å². The summed E-state index contributed by atoms with van der Waals surface area (Å²) in [5, 5.41) is 3.39. The Kier molecular flexibility index (Phi) is 7.95. The summed E-state index contributed by atoms with van der Waals surface area (Å²) in [6, 6.07) is 8.18. The first kappa shape index (κ1) is 16.7. The minimum absolute atomic E-state index is 0.138. The zero-order chi connectivity index (χ0) is 14.8. The summed E-state index contributed by atoms with van der Waals surface area (Å²) in [4.78, 5) is 0. The summed E-state index contributed by atoms with van der Waals surface area (Å²) in [5.74, 6) is 0.886. The van der Waals surface area contributed by atoms with Crippen LogP contribution in [0.2, 0.25) is 0 Å². The highest BCUT2D eigenvalue weighted by Crippen LogP contribution is 2.17. The molecule has 1 aromatic rings. The molecule has 4 heteroatoms. The van der Waals surface area contributed by atoms with E-state index in [0.29, 0.717) is 26.4 Å². The van der Waals surface area contributed by atoms with Gasteiger partial charge in [0.2, 0.25) is 0 Å². The molecule has 3 N–H and O–H groups in total. The fourth-order valence-corrected chi connectivity index (χ4v) is 1.85. The Labute approximate surface area is 122 Å². The van der Waals surface area contributed by atoms with Crippen molar-refractivity contribution in [2.45, 2.75) is 19.9 Å². The molecule has 0 amide bonds. The van der Waals surface area contributed by atoms with Gasteiger partial charge < -0.3 is 20.5 Å². The summed E-state index contributed by atoms with van der Waals surface area (Å²) in [5.41, 5.74) is 8.01. The Balaban J connectivity index is 2.39. The van der Waals surface area contributed by atoms with Gasteiger partial charge in [0.25, 0.3) is 0 Å². The van der Waals surface area contributed by atoms with Crippen LogP contribution in [-0.4, -0.2) is 32.9 Å². The maximum absolute atomic E-state index is 5.82. The fourth-order valence-electron chi connectivity index (χ4n) is 1.85. The average Bonchev–Trinajstić information content (AvgIpc) is 2.44. The molecule has 0 aliphatic heterocycles. The molecule has 0 aliphatic carbocycles. The van der Waals surface area contributed by atoms with E-state index in [2.05, 4.69) is 11.9 Å². The van der Waals surface area contributed by atoms with Gasteiger partial charge in [-0.15, -0.1) is 0 Å². The first-order chi connectivity index (χ1) is 9.67. The van der Waals surface area contributed by atoms with Gasteiger partial charge in [0.15, 0.2) is 0 Å². The van der Waals surface area contributed by atoms with Gasteiger partial charge in [-0.2, -0.15) is 0 Å². The van der Waals surface area contributed by atoms with Gasteiger partial charge >= 0.3 is 0 Å². The summed E-state index contributed by atoms with van der Waals surface area (Å²) >= 11 is 0. The van der Waals surface area contributed by atoms with Crippen molar-refractivity contribution >= 4 is 0 Å². The van der Waals surface area contributed by atoms with Crippen LogP contribution in [-0.2, 0) is 4.74 Å². The number of benzene rings is 1. The van der Waals surface area contributed by atoms with Crippen molar-refractivity contribution < 1.29 is 9.47 Å². The largest absolute Gasteiger partial charge is 0.494 e. The Morgan fingerprint density at radius 3 is 2.60 bits per heavy atom. The normalized spacial score (nSPS) is 12.2. The molecule has 1 aromatic carbocycles. The molecule has 4 nitrogen and oxygen atoms in total. The van der Waals surface area contributed by atoms with E-state index in [1.54, 1.807) is 0 Å². The first-order valence-corrected chi connectivity index (χ1v) is 7.05. The van der Waals surface area contributed by atoms with Crippen molar-refractivity contribution in [1.82, 2.24) is 5.32 Å². The molecule has 0 bridgehead atoms.